The minimum absolute atomic E-state index is 0.259. The van der Waals surface area contributed by atoms with Crippen molar-refractivity contribution < 1.29 is 0 Å². The summed E-state index contributed by atoms with van der Waals surface area (Å²) in [6.07, 6.45) is 1.56. The van der Waals surface area contributed by atoms with Gasteiger partial charge in [-0.1, -0.05) is 30.3 Å². The Kier molecular flexibility index (Phi) is 4.38. The van der Waals surface area contributed by atoms with E-state index in [4.69, 9.17) is 5.26 Å². The van der Waals surface area contributed by atoms with Gasteiger partial charge in [0.2, 0.25) is 0 Å². The van der Waals surface area contributed by atoms with Crippen molar-refractivity contribution in [3.63, 3.8) is 0 Å². The summed E-state index contributed by atoms with van der Waals surface area (Å²) in [5.74, 6) is 0. The summed E-state index contributed by atoms with van der Waals surface area (Å²) in [7, 11) is 0. The molecule has 0 saturated carbocycles. The Morgan fingerprint density at radius 1 is 1.07 bits per heavy atom. The van der Waals surface area contributed by atoms with E-state index in [1.807, 2.05) is 24.3 Å². The molecule has 138 valence electrons. The van der Waals surface area contributed by atoms with E-state index in [1.165, 1.54) is 9.13 Å². The molecular formula is C21H17N5O2. The van der Waals surface area contributed by atoms with Gasteiger partial charge in [-0.3, -0.25) is 9.36 Å². The molecule has 0 bridgehead atoms. The fraction of sp³-hybridized carbons (Fsp3) is 0.143. The molecule has 0 unspecified atom stereocenters. The highest BCUT2D eigenvalue weighted by Crippen LogP contribution is 2.15. The van der Waals surface area contributed by atoms with Crippen molar-refractivity contribution >= 4 is 11.2 Å². The third kappa shape index (κ3) is 2.81. The topological polar surface area (TPSA) is 85.6 Å². The van der Waals surface area contributed by atoms with Crippen molar-refractivity contribution in [2.24, 2.45) is 0 Å². The number of fused-ring (bicyclic) bond motifs is 1. The summed E-state index contributed by atoms with van der Waals surface area (Å²) < 4.78 is 4.39. The number of nitrogens with zero attached hydrogens (tertiary/aromatic N) is 5. The van der Waals surface area contributed by atoms with Crippen LogP contribution in [0.15, 0.2) is 70.5 Å². The van der Waals surface area contributed by atoms with Crippen LogP contribution in [-0.2, 0) is 13.1 Å². The van der Waals surface area contributed by atoms with Gasteiger partial charge < -0.3 is 4.57 Å². The first kappa shape index (κ1) is 17.5. The van der Waals surface area contributed by atoms with E-state index in [0.29, 0.717) is 29.0 Å². The Morgan fingerprint density at radius 2 is 1.86 bits per heavy atom. The maximum Gasteiger partial charge on any atom is 0.337 e. The highest BCUT2D eigenvalue weighted by atomic mass is 16.2. The molecule has 0 fully saturated rings. The molecule has 0 aliphatic heterocycles. The molecule has 4 rings (SSSR count). The number of benzene rings is 2. The van der Waals surface area contributed by atoms with E-state index < -0.39 is 5.69 Å². The first-order valence-corrected chi connectivity index (χ1v) is 8.89. The summed E-state index contributed by atoms with van der Waals surface area (Å²) in [6, 6.07) is 18.5. The van der Waals surface area contributed by atoms with Crippen LogP contribution in [0.5, 0.6) is 0 Å². The van der Waals surface area contributed by atoms with Crippen molar-refractivity contribution in [2.75, 3.05) is 0 Å². The fourth-order valence-electron chi connectivity index (χ4n) is 3.32. The average Bonchev–Trinajstić information content (AvgIpc) is 3.13. The quantitative estimate of drug-likeness (QED) is 0.551. The van der Waals surface area contributed by atoms with Gasteiger partial charge in [0.05, 0.1) is 23.6 Å². The lowest BCUT2D eigenvalue weighted by atomic mass is 10.1. The maximum absolute atomic E-state index is 13.0. The van der Waals surface area contributed by atoms with E-state index in [9.17, 15) is 9.59 Å². The Labute approximate surface area is 160 Å². The van der Waals surface area contributed by atoms with Gasteiger partial charge in [-0.05, 0) is 36.8 Å². The van der Waals surface area contributed by atoms with Crippen LogP contribution < -0.4 is 11.2 Å². The Morgan fingerprint density at radius 3 is 2.57 bits per heavy atom. The van der Waals surface area contributed by atoms with Crippen LogP contribution in [0.25, 0.3) is 16.9 Å². The highest BCUT2D eigenvalue weighted by molar-refractivity contribution is 5.72. The molecule has 0 aliphatic carbocycles. The van der Waals surface area contributed by atoms with Crippen LogP contribution in [-0.4, -0.2) is 18.7 Å². The molecule has 0 saturated heterocycles. The fourth-order valence-corrected chi connectivity index (χ4v) is 3.32. The van der Waals surface area contributed by atoms with Gasteiger partial charge in [0, 0.05) is 13.1 Å². The monoisotopic (exact) mass is 371 g/mol. The Hall–Kier alpha value is -3.92. The van der Waals surface area contributed by atoms with Gasteiger partial charge in [0.15, 0.2) is 11.2 Å². The number of imidazole rings is 1. The molecule has 4 aromatic rings. The van der Waals surface area contributed by atoms with Crippen LogP contribution >= 0.6 is 0 Å². The van der Waals surface area contributed by atoms with Crippen LogP contribution in [0, 0.1) is 11.3 Å². The third-order valence-electron chi connectivity index (χ3n) is 4.64. The van der Waals surface area contributed by atoms with E-state index >= 15 is 0 Å². The Bertz CT molecular complexity index is 1320. The molecule has 2 aromatic heterocycles. The molecule has 28 heavy (non-hydrogen) atoms. The molecule has 0 amide bonds. The van der Waals surface area contributed by atoms with Crippen molar-refractivity contribution in [2.45, 2.75) is 20.0 Å². The maximum atomic E-state index is 13.0. The second-order valence-corrected chi connectivity index (χ2v) is 6.36. The van der Waals surface area contributed by atoms with Gasteiger partial charge in [0.25, 0.3) is 5.56 Å². The zero-order valence-electron chi connectivity index (χ0n) is 15.2. The number of hydrogen-bond donors (Lipinski definition) is 0. The lowest BCUT2D eigenvalue weighted by Gasteiger charge is -2.11. The number of rotatable bonds is 4. The summed E-state index contributed by atoms with van der Waals surface area (Å²) in [4.78, 5) is 30.3. The molecule has 7 nitrogen and oxygen atoms in total. The van der Waals surface area contributed by atoms with Crippen LogP contribution in [0.4, 0.5) is 0 Å². The van der Waals surface area contributed by atoms with Crippen molar-refractivity contribution in [3.05, 3.63) is 92.9 Å². The smallest absolute Gasteiger partial charge is 0.320 e. The van der Waals surface area contributed by atoms with Crippen LogP contribution in [0.2, 0.25) is 0 Å². The average molecular weight is 371 g/mol. The minimum atomic E-state index is -0.414. The van der Waals surface area contributed by atoms with Gasteiger partial charge in [0.1, 0.15) is 0 Å². The van der Waals surface area contributed by atoms with Gasteiger partial charge >= 0.3 is 5.69 Å². The van der Waals surface area contributed by atoms with E-state index in [2.05, 4.69) is 11.1 Å². The predicted octanol–water partition coefficient (Wildman–Crippen LogP) is 2.29. The van der Waals surface area contributed by atoms with Crippen molar-refractivity contribution in [3.8, 4) is 11.8 Å². The molecule has 0 N–H and O–H groups in total. The number of hydrogen-bond acceptors (Lipinski definition) is 4. The van der Waals surface area contributed by atoms with Crippen molar-refractivity contribution in [1.29, 1.82) is 5.26 Å². The number of nitriles is 1. The van der Waals surface area contributed by atoms with Gasteiger partial charge in [-0.2, -0.15) is 5.26 Å². The third-order valence-corrected chi connectivity index (χ3v) is 4.64. The molecular weight excluding hydrogens is 354 g/mol. The van der Waals surface area contributed by atoms with E-state index in [0.717, 1.165) is 5.56 Å². The normalized spacial score (nSPS) is 10.9. The van der Waals surface area contributed by atoms with Crippen LogP contribution in [0.3, 0.4) is 0 Å². The van der Waals surface area contributed by atoms with Gasteiger partial charge in [-0.25, -0.2) is 14.3 Å². The molecule has 2 aromatic carbocycles. The predicted molar refractivity (Wildman–Crippen MR) is 106 cm³/mol. The molecule has 0 radical (unpaired) electrons. The van der Waals surface area contributed by atoms with E-state index in [-0.39, 0.29) is 12.1 Å². The molecule has 0 aliphatic rings. The first-order chi connectivity index (χ1) is 13.6. The van der Waals surface area contributed by atoms with E-state index in [1.54, 1.807) is 48.1 Å². The Balaban J connectivity index is 1.97. The summed E-state index contributed by atoms with van der Waals surface area (Å²) in [6.45, 7) is 2.40. The number of aromatic nitrogens is 4. The molecule has 7 heteroatoms. The highest BCUT2D eigenvalue weighted by Gasteiger charge is 2.18. The molecule has 2 heterocycles. The lowest BCUT2D eigenvalue weighted by Crippen LogP contribution is -2.39. The minimum Gasteiger partial charge on any atom is -0.320 e. The second kappa shape index (κ2) is 7.00. The lowest BCUT2D eigenvalue weighted by molar-refractivity contribution is 0.655. The summed E-state index contributed by atoms with van der Waals surface area (Å²) in [5, 5.41) is 9.10. The summed E-state index contributed by atoms with van der Waals surface area (Å²) >= 11 is 0. The number of para-hydroxylation sites is 1. The molecule has 0 atom stereocenters. The zero-order chi connectivity index (χ0) is 19.7. The van der Waals surface area contributed by atoms with Crippen molar-refractivity contribution in [1.82, 2.24) is 18.7 Å². The zero-order valence-corrected chi connectivity index (χ0v) is 15.2. The first-order valence-electron chi connectivity index (χ1n) is 8.89. The summed E-state index contributed by atoms with van der Waals surface area (Å²) in [5.41, 5.74) is 1.96. The SMILES string of the molecule is CCn1c(=O)c2c(ncn2Cc2cccc(C#N)c2)n(-c2ccccc2)c1=O. The van der Waals surface area contributed by atoms with Gasteiger partial charge in [-0.15, -0.1) is 0 Å². The molecule has 0 spiro atoms. The van der Waals surface area contributed by atoms with Crippen LogP contribution in [0.1, 0.15) is 18.1 Å². The largest absolute Gasteiger partial charge is 0.337 e. The second-order valence-electron chi connectivity index (χ2n) is 6.36. The standard InChI is InChI=1S/C21H17N5O2/c1-2-25-20(27)18-19(26(21(25)28)17-9-4-3-5-10-17)23-14-24(18)13-16-8-6-7-15(11-16)12-22/h3-11,14H,2,13H2,1H3.